The van der Waals surface area contributed by atoms with Crippen LogP contribution in [0.15, 0.2) is 24.3 Å². The van der Waals surface area contributed by atoms with Gasteiger partial charge in [0.2, 0.25) is 11.8 Å². The fraction of sp³-hybridized carbons (Fsp3) is 0.200. The molecule has 0 aliphatic rings. The first-order valence-corrected chi connectivity index (χ1v) is 7.66. The molecule has 0 unspecified atom stereocenters. The Hall–Kier alpha value is -1.85. The molecule has 2 heterocycles. The summed E-state index contributed by atoms with van der Waals surface area (Å²) in [5, 5.41) is 4.57. The van der Waals surface area contributed by atoms with Crippen LogP contribution in [0.5, 0.6) is 11.6 Å². The van der Waals surface area contributed by atoms with Gasteiger partial charge >= 0.3 is 0 Å². The van der Waals surface area contributed by atoms with Gasteiger partial charge in [0.25, 0.3) is 0 Å². The van der Waals surface area contributed by atoms with Crippen molar-refractivity contribution in [3.63, 3.8) is 0 Å². The highest BCUT2D eigenvalue weighted by atomic mass is 35.5. The number of rotatable bonds is 3. The number of hydrogen-bond donors (Lipinski definition) is 1. The van der Waals surface area contributed by atoms with E-state index in [1.54, 1.807) is 24.5 Å². The number of benzene rings is 1. The molecule has 3 aromatic rings. The predicted molar refractivity (Wildman–Crippen MR) is 88.0 cm³/mol. The Morgan fingerprint density at radius 2 is 2.00 bits per heavy atom. The molecule has 0 amide bonds. The molecule has 0 fully saturated rings. The van der Waals surface area contributed by atoms with Gasteiger partial charge in [-0.15, -0.1) is 11.3 Å². The van der Waals surface area contributed by atoms with Crippen molar-refractivity contribution in [2.24, 2.45) is 0 Å². The molecule has 1 aromatic carbocycles. The third kappa shape index (κ3) is 2.80. The van der Waals surface area contributed by atoms with Crippen LogP contribution in [0.25, 0.3) is 10.2 Å². The molecule has 6 heteroatoms. The molecule has 0 aliphatic carbocycles. The smallest absolute Gasteiger partial charge is 0.232 e. The monoisotopic (exact) mass is 319 g/mol. The molecule has 0 radical (unpaired) electrons. The van der Waals surface area contributed by atoms with E-state index >= 15 is 0 Å². The van der Waals surface area contributed by atoms with Crippen molar-refractivity contribution in [2.45, 2.75) is 13.8 Å². The largest absolute Gasteiger partial charge is 0.438 e. The van der Waals surface area contributed by atoms with Crippen molar-refractivity contribution >= 4 is 39.1 Å². The number of halogens is 1. The van der Waals surface area contributed by atoms with Crippen LogP contribution < -0.4 is 10.1 Å². The molecule has 1 N–H and O–H groups in total. The number of thiophene rings is 1. The van der Waals surface area contributed by atoms with E-state index in [-0.39, 0.29) is 0 Å². The summed E-state index contributed by atoms with van der Waals surface area (Å²) in [6, 6.07) is 7.57. The molecule has 0 spiro atoms. The van der Waals surface area contributed by atoms with E-state index in [1.807, 2.05) is 32.0 Å². The lowest BCUT2D eigenvalue weighted by atomic mass is 10.2. The zero-order valence-corrected chi connectivity index (χ0v) is 13.5. The first-order chi connectivity index (χ1) is 10.1. The fourth-order valence-corrected chi connectivity index (χ4v) is 3.13. The number of nitrogens with zero attached hydrogens (tertiary/aromatic N) is 2. The molecule has 0 saturated heterocycles. The van der Waals surface area contributed by atoms with Crippen LogP contribution in [-0.2, 0) is 0 Å². The van der Waals surface area contributed by atoms with Crippen LogP contribution >= 0.6 is 22.9 Å². The quantitative estimate of drug-likeness (QED) is 0.753. The summed E-state index contributed by atoms with van der Waals surface area (Å²) >= 11 is 7.60. The molecule has 3 rings (SSSR count). The highest BCUT2D eigenvalue weighted by Gasteiger charge is 2.13. The molecule has 0 atom stereocenters. The summed E-state index contributed by atoms with van der Waals surface area (Å²) in [5.41, 5.74) is 0.965. The standard InChI is InChI=1S/C15H14ClN3OS/c1-8-6-10(16)4-5-12(8)20-13-11-7-9(2)21-14(11)19-15(17-3)18-13/h4-7H,1-3H3,(H,17,18,19). The van der Waals surface area contributed by atoms with E-state index in [0.717, 1.165) is 21.5 Å². The summed E-state index contributed by atoms with van der Waals surface area (Å²) in [6.45, 7) is 4.00. The molecule has 0 saturated carbocycles. The number of ether oxygens (including phenoxy) is 1. The van der Waals surface area contributed by atoms with Gasteiger partial charge in [-0.3, -0.25) is 0 Å². The normalized spacial score (nSPS) is 10.9. The highest BCUT2D eigenvalue weighted by molar-refractivity contribution is 7.18. The maximum absolute atomic E-state index is 5.99. The minimum atomic E-state index is 0.547. The van der Waals surface area contributed by atoms with Gasteiger partial charge in [-0.1, -0.05) is 11.6 Å². The van der Waals surface area contributed by atoms with Crippen LogP contribution in [0, 0.1) is 13.8 Å². The SMILES string of the molecule is CNc1nc(Oc2ccc(Cl)cc2C)c2cc(C)sc2n1. The molecule has 21 heavy (non-hydrogen) atoms. The molecule has 108 valence electrons. The topological polar surface area (TPSA) is 47.0 Å². The van der Waals surface area contributed by atoms with E-state index in [4.69, 9.17) is 16.3 Å². The molecule has 2 aromatic heterocycles. The van der Waals surface area contributed by atoms with E-state index in [0.29, 0.717) is 16.9 Å². The van der Waals surface area contributed by atoms with Crippen molar-refractivity contribution in [1.82, 2.24) is 9.97 Å². The van der Waals surface area contributed by atoms with E-state index in [2.05, 4.69) is 15.3 Å². The molecule has 0 bridgehead atoms. The van der Waals surface area contributed by atoms with Gasteiger partial charge in [0.1, 0.15) is 10.6 Å². The Labute approximate surface area is 131 Å². The Bertz CT molecular complexity index is 816. The van der Waals surface area contributed by atoms with Gasteiger partial charge in [-0.2, -0.15) is 4.98 Å². The average molecular weight is 320 g/mol. The number of fused-ring (bicyclic) bond motifs is 1. The van der Waals surface area contributed by atoms with Gasteiger partial charge in [0.15, 0.2) is 0 Å². The maximum atomic E-state index is 5.99. The highest BCUT2D eigenvalue weighted by Crippen LogP contribution is 2.34. The minimum Gasteiger partial charge on any atom is -0.438 e. The number of anilines is 1. The van der Waals surface area contributed by atoms with Crippen molar-refractivity contribution in [3.8, 4) is 11.6 Å². The van der Waals surface area contributed by atoms with Gasteiger partial charge in [-0.05, 0) is 43.7 Å². The van der Waals surface area contributed by atoms with E-state index in [1.165, 1.54) is 4.88 Å². The first kappa shape index (κ1) is 14.1. The lowest BCUT2D eigenvalue weighted by Gasteiger charge is -2.10. The van der Waals surface area contributed by atoms with E-state index < -0.39 is 0 Å². The second-order valence-corrected chi connectivity index (χ2v) is 6.36. The molecule has 4 nitrogen and oxygen atoms in total. The van der Waals surface area contributed by atoms with Crippen molar-refractivity contribution in [2.75, 3.05) is 12.4 Å². The zero-order valence-electron chi connectivity index (χ0n) is 11.9. The fourth-order valence-electron chi connectivity index (χ4n) is 2.04. The maximum Gasteiger partial charge on any atom is 0.232 e. The number of nitrogens with one attached hydrogen (secondary N) is 1. The number of hydrogen-bond acceptors (Lipinski definition) is 5. The predicted octanol–water partition coefficient (Wildman–Crippen LogP) is 4.80. The lowest BCUT2D eigenvalue weighted by molar-refractivity contribution is 0.465. The van der Waals surface area contributed by atoms with Crippen LogP contribution in [0.1, 0.15) is 10.4 Å². The van der Waals surface area contributed by atoms with Gasteiger partial charge < -0.3 is 10.1 Å². The number of aromatic nitrogens is 2. The van der Waals surface area contributed by atoms with Crippen molar-refractivity contribution in [1.29, 1.82) is 0 Å². The van der Waals surface area contributed by atoms with Gasteiger partial charge in [-0.25, -0.2) is 4.98 Å². The third-order valence-corrected chi connectivity index (χ3v) is 4.23. The Kier molecular flexibility index (Phi) is 3.69. The summed E-state index contributed by atoms with van der Waals surface area (Å²) in [7, 11) is 1.79. The first-order valence-electron chi connectivity index (χ1n) is 6.47. The summed E-state index contributed by atoms with van der Waals surface area (Å²) in [6.07, 6.45) is 0. The van der Waals surface area contributed by atoms with Crippen molar-refractivity contribution in [3.05, 3.63) is 39.7 Å². The molecule has 0 aliphatic heterocycles. The summed E-state index contributed by atoms with van der Waals surface area (Å²) in [4.78, 5) is 11.0. The van der Waals surface area contributed by atoms with E-state index in [9.17, 15) is 0 Å². The summed E-state index contributed by atoms with van der Waals surface area (Å²) in [5.74, 6) is 1.84. The van der Waals surface area contributed by atoms with Gasteiger partial charge in [0, 0.05) is 16.9 Å². The third-order valence-electron chi connectivity index (χ3n) is 3.05. The number of aryl methyl sites for hydroxylation is 2. The minimum absolute atomic E-state index is 0.547. The Morgan fingerprint density at radius 1 is 1.19 bits per heavy atom. The Morgan fingerprint density at radius 3 is 2.71 bits per heavy atom. The average Bonchev–Trinajstić information content (AvgIpc) is 2.82. The second-order valence-electron chi connectivity index (χ2n) is 4.69. The van der Waals surface area contributed by atoms with Gasteiger partial charge in [0.05, 0.1) is 5.39 Å². The van der Waals surface area contributed by atoms with Crippen LogP contribution in [0.3, 0.4) is 0 Å². The summed E-state index contributed by atoms with van der Waals surface area (Å²) < 4.78 is 5.99. The van der Waals surface area contributed by atoms with Crippen LogP contribution in [-0.4, -0.2) is 17.0 Å². The zero-order chi connectivity index (χ0) is 15.0. The molecular formula is C15H14ClN3OS. The lowest BCUT2D eigenvalue weighted by Crippen LogP contribution is -1.98. The van der Waals surface area contributed by atoms with Crippen LogP contribution in [0.4, 0.5) is 5.95 Å². The Balaban J connectivity index is 2.10. The molecular weight excluding hydrogens is 306 g/mol. The second kappa shape index (κ2) is 5.50. The van der Waals surface area contributed by atoms with Crippen molar-refractivity contribution < 1.29 is 4.74 Å². The van der Waals surface area contributed by atoms with Crippen LogP contribution in [0.2, 0.25) is 5.02 Å².